The normalized spacial score (nSPS) is 26.4. The Morgan fingerprint density at radius 1 is 1.22 bits per heavy atom. The lowest BCUT2D eigenvalue weighted by Gasteiger charge is -2.39. The van der Waals surface area contributed by atoms with Crippen LogP contribution in [0.1, 0.15) is 57.1 Å². The first-order chi connectivity index (χ1) is 8.61. The molecule has 0 radical (unpaired) electrons. The maximum absolute atomic E-state index is 3.79. The third-order valence-electron chi connectivity index (χ3n) is 4.76. The molecule has 0 amide bonds. The fraction of sp³-hybridized carbons (Fsp3) is 0.647. The Morgan fingerprint density at radius 3 is 2.50 bits per heavy atom. The molecule has 0 heterocycles. The monoisotopic (exact) mass is 245 g/mol. The molecule has 0 aromatic heterocycles. The second-order valence-corrected chi connectivity index (χ2v) is 6.06. The quantitative estimate of drug-likeness (QED) is 0.817. The summed E-state index contributed by atoms with van der Waals surface area (Å²) < 4.78 is 0. The zero-order valence-corrected chi connectivity index (χ0v) is 12.2. The Morgan fingerprint density at radius 2 is 1.89 bits per heavy atom. The molecule has 1 aromatic carbocycles. The van der Waals surface area contributed by atoms with Gasteiger partial charge in [0.2, 0.25) is 0 Å². The van der Waals surface area contributed by atoms with Gasteiger partial charge in [0.05, 0.1) is 0 Å². The Bertz CT molecular complexity index is 379. The van der Waals surface area contributed by atoms with E-state index in [2.05, 4.69) is 57.3 Å². The zero-order chi connectivity index (χ0) is 13.1. The minimum atomic E-state index is 0.651. The first-order valence-electron chi connectivity index (χ1n) is 7.43. The Labute approximate surface area is 112 Å². The Hall–Kier alpha value is -0.820. The van der Waals surface area contributed by atoms with Gasteiger partial charge >= 0.3 is 0 Å². The van der Waals surface area contributed by atoms with Crippen molar-refractivity contribution in [3.05, 3.63) is 35.4 Å². The van der Waals surface area contributed by atoms with Crippen molar-refractivity contribution in [2.24, 2.45) is 5.92 Å². The first-order valence-corrected chi connectivity index (χ1v) is 7.43. The van der Waals surface area contributed by atoms with E-state index in [-0.39, 0.29) is 0 Å². The molecular weight excluding hydrogens is 218 g/mol. The van der Waals surface area contributed by atoms with E-state index in [0.29, 0.717) is 6.04 Å². The minimum Gasteiger partial charge on any atom is -0.311 e. The standard InChI is InChI=1S/C17H27N/c1-5-12(2)14(4)18-16-10-15(11-16)17-9-7-6-8-13(17)3/h6-9,12,14-16,18H,5,10-11H2,1-4H3. The van der Waals surface area contributed by atoms with Crippen LogP contribution in [0, 0.1) is 12.8 Å². The van der Waals surface area contributed by atoms with Crippen LogP contribution in [0.2, 0.25) is 0 Å². The van der Waals surface area contributed by atoms with Crippen molar-refractivity contribution in [3.8, 4) is 0 Å². The van der Waals surface area contributed by atoms with Gasteiger partial charge in [-0.2, -0.15) is 0 Å². The molecule has 1 aliphatic carbocycles. The zero-order valence-electron chi connectivity index (χ0n) is 12.2. The fourth-order valence-electron chi connectivity index (χ4n) is 2.94. The van der Waals surface area contributed by atoms with Crippen LogP contribution in [0.15, 0.2) is 24.3 Å². The van der Waals surface area contributed by atoms with E-state index < -0.39 is 0 Å². The van der Waals surface area contributed by atoms with Crippen molar-refractivity contribution < 1.29 is 0 Å². The third kappa shape index (κ3) is 2.95. The van der Waals surface area contributed by atoms with Crippen molar-refractivity contribution >= 4 is 0 Å². The molecule has 18 heavy (non-hydrogen) atoms. The molecule has 2 rings (SSSR count). The van der Waals surface area contributed by atoms with Crippen LogP contribution in [-0.2, 0) is 0 Å². The first kappa shape index (κ1) is 13.6. The third-order valence-corrected chi connectivity index (χ3v) is 4.76. The lowest BCUT2D eigenvalue weighted by Crippen LogP contribution is -2.46. The van der Waals surface area contributed by atoms with E-state index in [1.807, 2.05) is 0 Å². The van der Waals surface area contributed by atoms with Gasteiger partial charge in [-0.1, -0.05) is 44.5 Å². The molecule has 1 saturated carbocycles. The van der Waals surface area contributed by atoms with Crippen LogP contribution in [-0.4, -0.2) is 12.1 Å². The summed E-state index contributed by atoms with van der Waals surface area (Å²) in [5.41, 5.74) is 3.02. The number of aryl methyl sites for hydroxylation is 1. The predicted octanol–water partition coefficient (Wildman–Crippen LogP) is 4.27. The van der Waals surface area contributed by atoms with E-state index in [1.54, 1.807) is 5.56 Å². The molecule has 100 valence electrons. The summed E-state index contributed by atoms with van der Waals surface area (Å²) in [6.45, 7) is 9.18. The average molecular weight is 245 g/mol. The number of hydrogen-bond acceptors (Lipinski definition) is 1. The minimum absolute atomic E-state index is 0.651. The molecule has 1 aromatic rings. The smallest absolute Gasteiger partial charge is 0.00813 e. The molecule has 0 bridgehead atoms. The highest BCUT2D eigenvalue weighted by Gasteiger charge is 2.32. The molecule has 1 fully saturated rings. The number of hydrogen-bond donors (Lipinski definition) is 1. The topological polar surface area (TPSA) is 12.0 Å². The van der Waals surface area contributed by atoms with Crippen LogP contribution in [0.25, 0.3) is 0 Å². The molecule has 0 saturated heterocycles. The highest BCUT2D eigenvalue weighted by Crippen LogP contribution is 2.38. The molecule has 2 unspecified atom stereocenters. The Kier molecular flexibility index (Phi) is 4.45. The highest BCUT2D eigenvalue weighted by molar-refractivity contribution is 5.31. The van der Waals surface area contributed by atoms with E-state index in [4.69, 9.17) is 0 Å². The van der Waals surface area contributed by atoms with Crippen LogP contribution in [0.3, 0.4) is 0 Å². The van der Waals surface area contributed by atoms with Gasteiger partial charge in [0, 0.05) is 12.1 Å². The molecule has 0 spiro atoms. The molecular formula is C17H27N. The second kappa shape index (κ2) is 5.88. The van der Waals surface area contributed by atoms with Crippen molar-refractivity contribution in [1.82, 2.24) is 5.32 Å². The van der Waals surface area contributed by atoms with E-state index in [9.17, 15) is 0 Å². The van der Waals surface area contributed by atoms with Crippen LogP contribution < -0.4 is 5.32 Å². The largest absolute Gasteiger partial charge is 0.311 e. The average Bonchev–Trinajstić information content (AvgIpc) is 2.33. The second-order valence-electron chi connectivity index (χ2n) is 6.06. The van der Waals surface area contributed by atoms with Crippen molar-refractivity contribution in [3.63, 3.8) is 0 Å². The maximum Gasteiger partial charge on any atom is 0.00813 e. The summed E-state index contributed by atoms with van der Waals surface area (Å²) in [5.74, 6) is 1.57. The van der Waals surface area contributed by atoms with Crippen molar-refractivity contribution in [2.45, 2.75) is 65.0 Å². The fourth-order valence-corrected chi connectivity index (χ4v) is 2.94. The van der Waals surface area contributed by atoms with Gasteiger partial charge in [0.25, 0.3) is 0 Å². The maximum atomic E-state index is 3.79. The molecule has 2 atom stereocenters. The lowest BCUT2D eigenvalue weighted by atomic mass is 9.74. The molecule has 1 N–H and O–H groups in total. The number of nitrogens with one attached hydrogen (secondary N) is 1. The predicted molar refractivity (Wildman–Crippen MR) is 79.0 cm³/mol. The molecule has 1 nitrogen and oxygen atoms in total. The van der Waals surface area contributed by atoms with Crippen molar-refractivity contribution in [2.75, 3.05) is 0 Å². The lowest BCUT2D eigenvalue weighted by molar-refractivity contribution is 0.241. The van der Waals surface area contributed by atoms with Crippen molar-refractivity contribution in [1.29, 1.82) is 0 Å². The van der Waals surface area contributed by atoms with E-state index in [1.165, 1.54) is 24.8 Å². The summed E-state index contributed by atoms with van der Waals surface area (Å²) >= 11 is 0. The SMILES string of the molecule is CCC(C)C(C)NC1CC(c2ccccc2C)C1. The van der Waals surface area contributed by atoms with Crippen LogP contribution in [0.4, 0.5) is 0 Å². The summed E-state index contributed by atoms with van der Waals surface area (Å²) in [4.78, 5) is 0. The summed E-state index contributed by atoms with van der Waals surface area (Å²) in [5, 5.41) is 3.79. The molecule has 0 aliphatic heterocycles. The van der Waals surface area contributed by atoms with Gasteiger partial charge in [-0.05, 0) is 49.7 Å². The Balaban J connectivity index is 1.82. The van der Waals surface area contributed by atoms with Gasteiger partial charge < -0.3 is 5.32 Å². The van der Waals surface area contributed by atoms with Gasteiger partial charge in [0.15, 0.2) is 0 Å². The number of benzene rings is 1. The van der Waals surface area contributed by atoms with Crippen LogP contribution in [0.5, 0.6) is 0 Å². The summed E-state index contributed by atoms with van der Waals surface area (Å²) in [6, 6.07) is 10.2. The van der Waals surface area contributed by atoms with E-state index >= 15 is 0 Å². The van der Waals surface area contributed by atoms with Gasteiger partial charge in [-0.25, -0.2) is 0 Å². The van der Waals surface area contributed by atoms with Gasteiger partial charge in [0.1, 0.15) is 0 Å². The summed E-state index contributed by atoms with van der Waals surface area (Å²) in [7, 11) is 0. The van der Waals surface area contributed by atoms with E-state index in [0.717, 1.165) is 17.9 Å². The number of rotatable bonds is 5. The molecule has 1 heteroatoms. The molecule has 1 aliphatic rings. The van der Waals surface area contributed by atoms with Crippen LogP contribution >= 0.6 is 0 Å². The highest BCUT2D eigenvalue weighted by atomic mass is 15.0. The summed E-state index contributed by atoms with van der Waals surface area (Å²) in [6.07, 6.45) is 3.89. The van der Waals surface area contributed by atoms with Gasteiger partial charge in [-0.15, -0.1) is 0 Å². The van der Waals surface area contributed by atoms with Gasteiger partial charge in [-0.3, -0.25) is 0 Å².